The normalized spacial score (nSPS) is 10.9. The Balaban J connectivity index is 1.55. The first-order chi connectivity index (χ1) is 15.2. The van der Waals surface area contributed by atoms with Crippen LogP contribution in [0, 0.1) is 0 Å². The third-order valence-electron chi connectivity index (χ3n) is 4.91. The Morgan fingerprint density at radius 2 is 1.45 bits per heavy atom. The fraction of sp³-hybridized carbons (Fsp3) is 0.115. The van der Waals surface area contributed by atoms with E-state index < -0.39 is 0 Å². The molecular formula is C26H23NO4. The van der Waals surface area contributed by atoms with E-state index in [9.17, 15) is 0 Å². The van der Waals surface area contributed by atoms with Gasteiger partial charge in [0.1, 0.15) is 0 Å². The summed E-state index contributed by atoms with van der Waals surface area (Å²) in [6.07, 6.45) is 5.74. The molecule has 0 amide bonds. The molecule has 156 valence electrons. The summed E-state index contributed by atoms with van der Waals surface area (Å²) in [6.45, 7) is 0. The van der Waals surface area contributed by atoms with Crippen LogP contribution in [0.1, 0.15) is 11.1 Å². The molecule has 0 spiro atoms. The minimum absolute atomic E-state index is 0.570. The molecule has 0 aliphatic carbocycles. The number of oxazole rings is 1. The molecule has 0 aliphatic heterocycles. The highest BCUT2D eigenvalue weighted by atomic mass is 16.5. The van der Waals surface area contributed by atoms with Crippen molar-refractivity contribution in [3.63, 3.8) is 0 Å². The van der Waals surface area contributed by atoms with Gasteiger partial charge in [0.2, 0.25) is 11.6 Å². The van der Waals surface area contributed by atoms with Crippen molar-refractivity contribution in [2.24, 2.45) is 0 Å². The van der Waals surface area contributed by atoms with Gasteiger partial charge in [-0.05, 0) is 29.8 Å². The Morgan fingerprint density at radius 1 is 0.710 bits per heavy atom. The van der Waals surface area contributed by atoms with E-state index in [1.165, 1.54) is 0 Å². The molecule has 3 aromatic carbocycles. The highest BCUT2D eigenvalue weighted by molar-refractivity contribution is 5.76. The van der Waals surface area contributed by atoms with Gasteiger partial charge >= 0.3 is 0 Å². The van der Waals surface area contributed by atoms with Gasteiger partial charge in [-0.1, -0.05) is 54.6 Å². The van der Waals surface area contributed by atoms with Gasteiger partial charge < -0.3 is 18.6 Å². The zero-order valence-electron chi connectivity index (χ0n) is 17.7. The summed E-state index contributed by atoms with van der Waals surface area (Å²) in [7, 11) is 4.81. The lowest BCUT2D eigenvalue weighted by Crippen LogP contribution is -1.96. The molecule has 0 bridgehead atoms. The molecule has 5 heteroatoms. The summed E-state index contributed by atoms with van der Waals surface area (Å²) in [4.78, 5) is 4.42. The fourth-order valence-corrected chi connectivity index (χ4v) is 3.32. The monoisotopic (exact) mass is 413 g/mol. The standard InChI is InChI=1S/C26H23NO4/c1-28-22-16-15-20(24(29-2)25(22)30-3)12-9-18-10-13-21(14-11-18)26-27-17-23(31-26)19-7-5-4-6-8-19/h4-17H,1-3H3/b12-9+. The molecule has 5 nitrogen and oxygen atoms in total. The van der Waals surface area contributed by atoms with E-state index in [0.29, 0.717) is 23.1 Å². The highest BCUT2D eigenvalue weighted by Gasteiger charge is 2.14. The maximum absolute atomic E-state index is 5.93. The van der Waals surface area contributed by atoms with Gasteiger partial charge in [-0.25, -0.2) is 4.98 Å². The minimum Gasteiger partial charge on any atom is -0.493 e. The lowest BCUT2D eigenvalue weighted by atomic mass is 10.1. The molecule has 0 unspecified atom stereocenters. The number of nitrogens with zero attached hydrogens (tertiary/aromatic N) is 1. The van der Waals surface area contributed by atoms with Gasteiger partial charge in [0.25, 0.3) is 0 Å². The van der Waals surface area contributed by atoms with Crippen LogP contribution in [0.5, 0.6) is 17.2 Å². The predicted octanol–water partition coefficient (Wildman–Crippen LogP) is 6.20. The van der Waals surface area contributed by atoms with Crippen molar-refractivity contribution in [2.45, 2.75) is 0 Å². The number of ether oxygens (including phenoxy) is 3. The second-order valence-corrected chi connectivity index (χ2v) is 6.77. The molecular weight excluding hydrogens is 390 g/mol. The maximum Gasteiger partial charge on any atom is 0.226 e. The third-order valence-corrected chi connectivity index (χ3v) is 4.91. The van der Waals surface area contributed by atoms with E-state index in [-0.39, 0.29) is 0 Å². The molecule has 4 aromatic rings. The Bertz CT molecular complexity index is 1180. The Kier molecular flexibility index (Phi) is 6.03. The van der Waals surface area contributed by atoms with Gasteiger partial charge in [0, 0.05) is 16.7 Å². The van der Waals surface area contributed by atoms with Crippen molar-refractivity contribution in [2.75, 3.05) is 21.3 Å². The van der Waals surface area contributed by atoms with Crippen molar-refractivity contribution >= 4 is 12.2 Å². The summed E-state index contributed by atoms with van der Waals surface area (Å²) in [5, 5.41) is 0. The van der Waals surface area contributed by atoms with Crippen LogP contribution in [0.4, 0.5) is 0 Å². The van der Waals surface area contributed by atoms with E-state index >= 15 is 0 Å². The number of hydrogen-bond acceptors (Lipinski definition) is 5. The molecule has 0 saturated heterocycles. The second kappa shape index (κ2) is 9.22. The Morgan fingerprint density at radius 3 is 2.13 bits per heavy atom. The zero-order valence-corrected chi connectivity index (χ0v) is 17.7. The highest BCUT2D eigenvalue weighted by Crippen LogP contribution is 2.40. The van der Waals surface area contributed by atoms with E-state index in [0.717, 1.165) is 28.0 Å². The topological polar surface area (TPSA) is 53.7 Å². The van der Waals surface area contributed by atoms with Gasteiger partial charge in [-0.2, -0.15) is 0 Å². The largest absolute Gasteiger partial charge is 0.493 e. The number of methoxy groups -OCH3 is 3. The first-order valence-electron chi connectivity index (χ1n) is 9.82. The third kappa shape index (κ3) is 4.31. The van der Waals surface area contributed by atoms with Gasteiger partial charge in [0.05, 0.1) is 27.5 Å². The van der Waals surface area contributed by atoms with E-state index in [4.69, 9.17) is 18.6 Å². The average molecular weight is 413 g/mol. The number of rotatable bonds is 7. The smallest absolute Gasteiger partial charge is 0.226 e. The van der Waals surface area contributed by atoms with Crippen molar-refractivity contribution in [3.8, 4) is 40.0 Å². The number of benzene rings is 3. The molecule has 0 aliphatic rings. The molecule has 1 aromatic heterocycles. The van der Waals surface area contributed by atoms with Crippen molar-refractivity contribution < 1.29 is 18.6 Å². The Labute approximate surface area is 181 Å². The zero-order chi connectivity index (χ0) is 21.6. The summed E-state index contributed by atoms with van der Waals surface area (Å²) < 4.78 is 22.3. The summed E-state index contributed by atoms with van der Waals surface area (Å²) >= 11 is 0. The molecule has 31 heavy (non-hydrogen) atoms. The SMILES string of the molecule is COc1ccc(/C=C/c2ccc(-c3ncc(-c4ccccc4)o3)cc2)c(OC)c1OC. The Hall–Kier alpha value is -3.99. The van der Waals surface area contributed by atoms with E-state index in [1.807, 2.05) is 78.9 Å². The van der Waals surface area contributed by atoms with E-state index in [1.54, 1.807) is 27.5 Å². The lowest BCUT2D eigenvalue weighted by molar-refractivity contribution is 0.324. The van der Waals surface area contributed by atoms with Crippen LogP contribution < -0.4 is 14.2 Å². The van der Waals surface area contributed by atoms with Crippen molar-refractivity contribution in [3.05, 3.63) is 84.1 Å². The quantitative estimate of drug-likeness (QED) is 0.337. The summed E-state index contributed by atoms with van der Waals surface area (Å²) in [6, 6.07) is 21.7. The van der Waals surface area contributed by atoms with Gasteiger partial charge in [-0.3, -0.25) is 0 Å². The molecule has 0 atom stereocenters. The van der Waals surface area contributed by atoms with Crippen LogP contribution >= 0.6 is 0 Å². The van der Waals surface area contributed by atoms with Crippen LogP contribution in [-0.2, 0) is 0 Å². The lowest BCUT2D eigenvalue weighted by Gasteiger charge is -2.14. The van der Waals surface area contributed by atoms with Gasteiger partial charge in [-0.15, -0.1) is 0 Å². The second-order valence-electron chi connectivity index (χ2n) is 6.77. The molecule has 0 radical (unpaired) electrons. The summed E-state index contributed by atoms with van der Waals surface area (Å²) in [5.74, 6) is 3.17. The fourth-order valence-electron chi connectivity index (χ4n) is 3.32. The minimum atomic E-state index is 0.570. The summed E-state index contributed by atoms with van der Waals surface area (Å²) in [5.41, 5.74) is 3.85. The first kappa shape index (κ1) is 20.3. The van der Waals surface area contributed by atoms with Crippen molar-refractivity contribution in [1.29, 1.82) is 0 Å². The number of hydrogen-bond donors (Lipinski definition) is 0. The van der Waals surface area contributed by atoms with Crippen LogP contribution in [0.25, 0.3) is 34.9 Å². The van der Waals surface area contributed by atoms with Crippen LogP contribution in [0.2, 0.25) is 0 Å². The number of aromatic nitrogens is 1. The molecule has 4 rings (SSSR count). The average Bonchev–Trinajstić information content (AvgIpc) is 3.33. The molecule has 1 heterocycles. The predicted molar refractivity (Wildman–Crippen MR) is 122 cm³/mol. The molecule has 0 fully saturated rings. The maximum atomic E-state index is 5.93. The van der Waals surface area contributed by atoms with E-state index in [2.05, 4.69) is 4.98 Å². The van der Waals surface area contributed by atoms with Crippen LogP contribution in [0.15, 0.2) is 77.3 Å². The van der Waals surface area contributed by atoms with Gasteiger partial charge in [0.15, 0.2) is 17.3 Å². The molecule has 0 N–H and O–H groups in total. The van der Waals surface area contributed by atoms with Crippen LogP contribution in [-0.4, -0.2) is 26.3 Å². The molecule has 0 saturated carbocycles. The van der Waals surface area contributed by atoms with Crippen LogP contribution in [0.3, 0.4) is 0 Å². The van der Waals surface area contributed by atoms with Crippen molar-refractivity contribution in [1.82, 2.24) is 4.98 Å². The first-order valence-corrected chi connectivity index (χ1v) is 9.82.